The standard InChI is InChI=1S/C19H21ClN2O4/c1-21-18(23)11-22(2)19(24)14-6-9-16(17(10-14)25-3)26-12-13-4-7-15(20)8-5-13/h4-10H,11-12H2,1-3H3,(H,21,23). The Morgan fingerprint density at radius 1 is 1.12 bits per heavy atom. The van der Waals surface area contributed by atoms with Crippen molar-refractivity contribution in [1.82, 2.24) is 10.2 Å². The summed E-state index contributed by atoms with van der Waals surface area (Å²) in [4.78, 5) is 25.2. The van der Waals surface area contributed by atoms with Crippen LogP contribution in [0, 0.1) is 0 Å². The monoisotopic (exact) mass is 376 g/mol. The maximum atomic E-state index is 12.4. The maximum Gasteiger partial charge on any atom is 0.254 e. The van der Waals surface area contributed by atoms with Gasteiger partial charge in [0.15, 0.2) is 11.5 Å². The van der Waals surface area contributed by atoms with E-state index in [0.29, 0.717) is 28.7 Å². The molecule has 138 valence electrons. The predicted octanol–water partition coefficient (Wildman–Crippen LogP) is 2.75. The van der Waals surface area contributed by atoms with Gasteiger partial charge in [0, 0.05) is 24.7 Å². The molecule has 0 aliphatic carbocycles. The van der Waals surface area contributed by atoms with Crippen molar-refractivity contribution >= 4 is 23.4 Å². The number of nitrogens with one attached hydrogen (secondary N) is 1. The van der Waals surface area contributed by atoms with Gasteiger partial charge >= 0.3 is 0 Å². The summed E-state index contributed by atoms with van der Waals surface area (Å²) in [6.45, 7) is 0.323. The number of nitrogens with zero attached hydrogens (tertiary/aromatic N) is 1. The third-order valence-corrected chi connectivity index (χ3v) is 3.98. The van der Waals surface area contributed by atoms with E-state index in [-0.39, 0.29) is 18.4 Å². The minimum Gasteiger partial charge on any atom is -0.493 e. The van der Waals surface area contributed by atoms with E-state index in [0.717, 1.165) is 5.56 Å². The highest BCUT2D eigenvalue weighted by molar-refractivity contribution is 6.30. The van der Waals surface area contributed by atoms with Gasteiger partial charge in [-0.15, -0.1) is 0 Å². The van der Waals surface area contributed by atoms with E-state index in [4.69, 9.17) is 21.1 Å². The fraction of sp³-hybridized carbons (Fsp3) is 0.263. The molecule has 2 aromatic rings. The Morgan fingerprint density at radius 3 is 2.42 bits per heavy atom. The van der Waals surface area contributed by atoms with Crippen molar-refractivity contribution in [3.8, 4) is 11.5 Å². The van der Waals surface area contributed by atoms with E-state index in [1.54, 1.807) is 37.4 Å². The Bertz CT molecular complexity index is 778. The Balaban J connectivity index is 2.09. The molecule has 0 aromatic heterocycles. The second-order valence-corrected chi connectivity index (χ2v) is 6.05. The molecule has 0 bridgehead atoms. The molecule has 0 fully saturated rings. The van der Waals surface area contributed by atoms with Crippen LogP contribution in [-0.4, -0.2) is 44.5 Å². The van der Waals surface area contributed by atoms with Gasteiger partial charge in [-0.05, 0) is 35.9 Å². The smallest absolute Gasteiger partial charge is 0.254 e. The van der Waals surface area contributed by atoms with Crippen LogP contribution in [0.5, 0.6) is 11.5 Å². The molecule has 0 saturated carbocycles. The molecule has 2 aromatic carbocycles. The summed E-state index contributed by atoms with van der Waals surface area (Å²) in [5, 5.41) is 3.15. The van der Waals surface area contributed by atoms with Crippen LogP contribution in [0.3, 0.4) is 0 Å². The number of hydrogen-bond acceptors (Lipinski definition) is 4. The van der Waals surface area contributed by atoms with Crippen molar-refractivity contribution in [2.45, 2.75) is 6.61 Å². The SMILES string of the molecule is CNC(=O)CN(C)C(=O)c1ccc(OCc2ccc(Cl)cc2)c(OC)c1. The third-order valence-electron chi connectivity index (χ3n) is 3.72. The van der Waals surface area contributed by atoms with Gasteiger partial charge in [0.25, 0.3) is 5.91 Å². The second-order valence-electron chi connectivity index (χ2n) is 5.62. The molecule has 0 aliphatic heterocycles. The number of hydrogen-bond donors (Lipinski definition) is 1. The van der Waals surface area contributed by atoms with Gasteiger partial charge in [-0.3, -0.25) is 9.59 Å². The van der Waals surface area contributed by atoms with Crippen LogP contribution in [-0.2, 0) is 11.4 Å². The average Bonchev–Trinajstić information content (AvgIpc) is 2.66. The first-order valence-corrected chi connectivity index (χ1v) is 8.33. The van der Waals surface area contributed by atoms with Crippen LogP contribution >= 0.6 is 11.6 Å². The number of benzene rings is 2. The van der Waals surface area contributed by atoms with E-state index in [9.17, 15) is 9.59 Å². The molecule has 2 rings (SSSR count). The van der Waals surface area contributed by atoms with Gasteiger partial charge < -0.3 is 19.7 Å². The number of halogens is 1. The summed E-state index contributed by atoms with van der Waals surface area (Å²) in [5.74, 6) is 0.443. The van der Waals surface area contributed by atoms with Crippen LogP contribution in [0.25, 0.3) is 0 Å². The molecule has 0 radical (unpaired) electrons. The predicted molar refractivity (Wildman–Crippen MR) is 99.8 cm³/mol. The summed E-state index contributed by atoms with van der Waals surface area (Å²) in [5.41, 5.74) is 1.37. The fourth-order valence-electron chi connectivity index (χ4n) is 2.25. The molecule has 0 spiro atoms. The topological polar surface area (TPSA) is 67.9 Å². The number of rotatable bonds is 7. The van der Waals surface area contributed by atoms with Gasteiger partial charge in [-0.2, -0.15) is 0 Å². The van der Waals surface area contributed by atoms with Crippen molar-refractivity contribution in [2.24, 2.45) is 0 Å². The first kappa shape index (κ1) is 19.6. The van der Waals surface area contributed by atoms with Gasteiger partial charge in [-0.25, -0.2) is 0 Å². The van der Waals surface area contributed by atoms with E-state index < -0.39 is 0 Å². The lowest BCUT2D eigenvalue weighted by atomic mass is 10.1. The molecule has 26 heavy (non-hydrogen) atoms. The number of amides is 2. The summed E-state index contributed by atoms with van der Waals surface area (Å²) < 4.78 is 11.1. The number of carbonyl (C=O) groups is 2. The second kappa shape index (κ2) is 9.10. The van der Waals surface area contributed by atoms with Crippen LogP contribution < -0.4 is 14.8 Å². The van der Waals surface area contributed by atoms with Crippen LogP contribution in [0.4, 0.5) is 0 Å². The molecule has 0 heterocycles. The van der Waals surface area contributed by atoms with Crippen molar-refractivity contribution in [3.63, 3.8) is 0 Å². The fourth-order valence-corrected chi connectivity index (χ4v) is 2.37. The zero-order valence-electron chi connectivity index (χ0n) is 14.9. The first-order chi connectivity index (χ1) is 12.4. The Kier molecular flexibility index (Phi) is 6.86. The van der Waals surface area contributed by atoms with Gasteiger partial charge in [0.2, 0.25) is 5.91 Å². The highest BCUT2D eigenvalue weighted by atomic mass is 35.5. The van der Waals surface area contributed by atoms with Crippen molar-refractivity contribution in [1.29, 1.82) is 0 Å². The Morgan fingerprint density at radius 2 is 1.81 bits per heavy atom. The molecule has 0 aliphatic rings. The minimum atomic E-state index is -0.281. The minimum absolute atomic E-state index is 0.0214. The molecule has 0 saturated heterocycles. The summed E-state index contributed by atoms with van der Waals surface area (Å²) >= 11 is 5.87. The number of likely N-dealkylation sites (N-methyl/N-ethyl adjacent to an activating group) is 2. The van der Waals surface area contributed by atoms with Crippen LogP contribution in [0.2, 0.25) is 5.02 Å². The van der Waals surface area contributed by atoms with Crippen molar-refractivity contribution in [2.75, 3.05) is 27.7 Å². The number of carbonyl (C=O) groups excluding carboxylic acids is 2. The number of methoxy groups -OCH3 is 1. The molecule has 1 N–H and O–H groups in total. The molecule has 2 amide bonds. The number of ether oxygens (including phenoxy) is 2. The summed E-state index contributed by atoms with van der Waals surface area (Å²) in [6, 6.07) is 12.3. The van der Waals surface area contributed by atoms with Crippen LogP contribution in [0.1, 0.15) is 15.9 Å². The van der Waals surface area contributed by atoms with E-state index in [2.05, 4.69) is 5.32 Å². The maximum absolute atomic E-state index is 12.4. The van der Waals surface area contributed by atoms with E-state index >= 15 is 0 Å². The largest absolute Gasteiger partial charge is 0.493 e. The van der Waals surface area contributed by atoms with E-state index in [1.807, 2.05) is 12.1 Å². The highest BCUT2D eigenvalue weighted by Crippen LogP contribution is 2.29. The first-order valence-electron chi connectivity index (χ1n) is 7.96. The highest BCUT2D eigenvalue weighted by Gasteiger charge is 2.17. The van der Waals surface area contributed by atoms with E-state index in [1.165, 1.54) is 19.1 Å². The normalized spacial score (nSPS) is 10.2. The quantitative estimate of drug-likeness (QED) is 0.806. The lowest BCUT2D eigenvalue weighted by Gasteiger charge is -2.17. The molecule has 0 unspecified atom stereocenters. The lowest BCUT2D eigenvalue weighted by Crippen LogP contribution is -2.36. The molecular weight excluding hydrogens is 356 g/mol. The third kappa shape index (κ3) is 5.13. The molecular formula is C19H21ClN2O4. The average molecular weight is 377 g/mol. The zero-order valence-corrected chi connectivity index (χ0v) is 15.7. The molecule has 0 atom stereocenters. The van der Waals surface area contributed by atoms with Crippen molar-refractivity contribution < 1.29 is 19.1 Å². The summed E-state index contributed by atoms with van der Waals surface area (Å²) in [6.07, 6.45) is 0. The molecule has 6 nitrogen and oxygen atoms in total. The Labute approximate surface area is 157 Å². The van der Waals surface area contributed by atoms with Crippen LogP contribution in [0.15, 0.2) is 42.5 Å². The van der Waals surface area contributed by atoms with Gasteiger partial charge in [0.05, 0.1) is 13.7 Å². The lowest BCUT2D eigenvalue weighted by molar-refractivity contribution is -0.121. The zero-order chi connectivity index (χ0) is 19.1. The Hall–Kier alpha value is -2.73. The van der Waals surface area contributed by atoms with Crippen molar-refractivity contribution in [3.05, 3.63) is 58.6 Å². The molecule has 7 heteroatoms. The summed E-state index contributed by atoms with van der Waals surface area (Å²) in [7, 11) is 4.60. The van der Waals surface area contributed by atoms with Gasteiger partial charge in [0.1, 0.15) is 6.61 Å². The van der Waals surface area contributed by atoms with Gasteiger partial charge in [-0.1, -0.05) is 23.7 Å².